The van der Waals surface area contributed by atoms with Gasteiger partial charge in [0.2, 0.25) is 11.6 Å². The molecule has 23 heavy (non-hydrogen) atoms. The molecule has 0 aliphatic heterocycles. The number of carbonyl (C=O) groups excluding carboxylic acids is 2. The van der Waals surface area contributed by atoms with Crippen LogP contribution in [0.3, 0.4) is 0 Å². The number of nitrogen functional groups attached to an aromatic ring is 1. The smallest absolute Gasteiger partial charge is 0.204 e. The van der Waals surface area contributed by atoms with Gasteiger partial charge in [0.25, 0.3) is 0 Å². The Labute approximate surface area is 135 Å². The highest BCUT2D eigenvalue weighted by Gasteiger charge is 2.21. The second kappa shape index (κ2) is 7.11. The second-order valence-corrected chi connectivity index (χ2v) is 5.60. The second-order valence-electron chi connectivity index (χ2n) is 5.60. The Kier molecular flexibility index (Phi) is 5.18. The zero-order valence-corrected chi connectivity index (χ0v) is 13.2. The van der Waals surface area contributed by atoms with Gasteiger partial charge in [-0.3, -0.25) is 9.59 Å². The van der Waals surface area contributed by atoms with Gasteiger partial charge >= 0.3 is 0 Å². The zero-order valence-electron chi connectivity index (χ0n) is 13.2. The summed E-state index contributed by atoms with van der Waals surface area (Å²) in [6.45, 7) is 3.72. The fourth-order valence-electron chi connectivity index (χ4n) is 2.21. The van der Waals surface area contributed by atoms with Crippen LogP contribution in [0.15, 0.2) is 41.7 Å². The Morgan fingerprint density at radius 1 is 1.17 bits per heavy atom. The fourth-order valence-corrected chi connectivity index (χ4v) is 2.21. The first kappa shape index (κ1) is 16.8. The van der Waals surface area contributed by atoms with Crippen LogP contribution in [0, 0.1) is 6.92 Å². The first-order valence-corrected chi connectivity index (χ1v) is 7.43. The summed E-state index contributed by atoms with van der Waals surface area (Å²) in [5, 5.41) is 14.8. The molecule has 1 unspecified atom stereocenters. The molecule has 5 N–H and O–H groups in total. The molecule has 0 bridgehead atoms. The number of nitrogens with two attached hydrogens (primary N) is 1. The lowest BCUT2D eigenvalue weighted by Crippen LogP contribution is -2.32. The molecule has 1 aliphatic rings. The quantitative estimate of drug-likeness (QED) is 0.465. The van der Waals surface area contributed by atoms with Gasteiger partial charge in [0, 0.05) is 36.2 Å². The third-order valence-corrected chi connectivity index (χ3v) is 3.59. The lowest BCUT2D eigenvalue weighted by Gasteiger charge is -2.19. The van der Waals surface area contributed by atoms with E-state index in [1.165, 1.54) is 12.2 Å². The number of hydrogen-bond acceptors (Lipinski definition) is 6. The SMILES string of the molecule is Cc1cc(NC2=CC(=O)C(NC(C)CCO)=CC2=O)ccc1N. The number of aryl methyl sites for hydroxylation is 1. The van der Waals surface area contributed by atoms with Crippen LogP contribution in [-0.2, 0) is 9.59 Å². The van der Waals surface area contributed by atoms with Gasteiger partial charge < -0.3 is 21.5 Å². The molecule has 6 nitrogen and oxygen atoms in total. The van der Waals surface area contributed by atoms with Gasteiger partial charge in [0.1, 0.15) is 0 Å². The molecule has 122 valence electrons. The van der Waals surface area contributed by atoms with Crippen LogP contribution in [0.1, 0.15) is 18.9 Å². The number of aliphatic hydroxyl groups excluding tert-OH is 1. The van der Waals surface area contributed by atoms with Gasteiger partial charge in [-0.15, -0.1) is 0 Å². The third kappa shape index (κ3) is 4.20. The van der Waals surface area contributed by atoms with Crippen molar-refractivity contribution in [1.82, 2.24) is 5.32 Å². The maximum Gasteiger partial charge on any atom is 0.204 e. The number of aliphatic hydroxyl groups is 1. The average molecular weight is 315 g/mol. The minimum absolute atomic E-state index is 0.0166. The molecule has 1 aliphatic carbocycles. The topological polar surface area (TPSA) is 104 Å². The van der Waals surface area contributed by atoms with Crippen LogP contribution in [0.25, 0.3) is 0 Å². The standard InChI is InChI=1S/C17H21N3O3/c1-10-7-12(3-4-13(10)18)20-15-9-16(22)14(8-17(15)23)19-11(2)5-6-21/h3-4,7-9,11,19-21H,5-6,18H2,1-2H3. The van der Waals surface area contributed by atoms with Crippen LogP contribution in [0.2, 0.25) is 0 Å². The molecule has 6 heteroatoms. The predicted molar refractivity (Wildman–Crippen MR) is 89.7 cm³/mol. The Balaban J connectivity index is 2.10. The van der Waals surface area contributed by atoms with Crippen molar-refractivity contribution in [2.24, 2.45) is 0 Å². The van der Waals surface area contributed by atoms with Gasteiger partial charge in [-0.1, -0.05) is 0 Å². The van der Waals surface area contributed by atoms with E-state index >= 15 is 0 Å². The minimum Gasteiger partial charge on any atom is -0.399 e. The fraction of sp³-hybridized carbons (Fsp3) is 0.294. The number of allylic oxidation sites excluding steroid dienone is 2. The number of anilines is 2. The van der Waals surface area contributed by atoms with Crippen molar-refractivity contribution in [3.63, 3.8) is 0 Å². The summed E-state index contributed by atoms with van der Waals surface area (Å²) in [6, 6.07) is 5.22. The maximum atomic E-state index is 12.2. The van der Waals surface area contributed by atoms with Gasteiger partial charge in [-0.25, -0.2) is 0 Å². The van der Waals surface area contributed by atoms with Gasteiger partial charge in [0.05, 0.1) is 11.4 Å². The summed E-state index contributed by atoms with van der Waals surface area (Å²) in [5.41, 5.74) is 8.48. The van der Waals surface area contributed by atoms with E-state index in [4.69, 9.17) is 10.8 Å². The highest BCUT2D eigenvalue weighted by molar-refractivity contribution is 6.20. The van der Waals surface area contributed by atoms with E-state index in [9.17, 15) is 9.59 Å². The largest absolute Gasteiger partial charge is 0.399 e. The number of nitrogens with one attached hydrogen (secondary N) is 2. The number of rotatable bonds is 6. The number of ketones is 2. The Bertz CT molecular complexity index is 692. The predicted octanol–water partition coefficient (Wildman–Crippen LogP) is 1.27. The van der Waals surface area contributed by atoms with Crippen molar-refractivity contribution in [3.05, 3.63) is 47.3 Å². The summed E-state index contributed by atoms with van der Waals surface area (Å²) in [7, 11) is 0. The molecule has 0 radical (unpaired) electrons. The molecular formula is C17H21N3O3. The molecule has 0 spiro atoms. The molecule has 0 fully saturated rings. The van der Waals surface area contributed by atoms with Crippen LogP contribution in [0.4, 0.5) is 11.4 Å². The lowest BCUT2D eigenvalue weighted by atomic mass is 10.0. The van der Waals surface area contributed by atoms with Crippen LogP contribution in [0.5, 0.6) is 0 Å². The first-order chi connectivity index (χ1) is 10.9. The molecule has 0 amide bonds. The number of hydrogen-bond donors (Lipinski definition) is 4. The van der Waals surface area contributed by atoms with Gasteiger partial charge in [0.15, 0.2) is 0 Å². The van der Waals surface area contributed by atoms with Crippen molar-refractivity contribution in [2.45, 2.75) is 26.3 Å². The van der Waals surface area contributed by atoms with E-state index in [2.05, 4.69) is 10.6 Å². The Morgan fingerprint density at radius 3 is 2.48 bits per heavy atom. The third-order valence-electron chi connectivity index (χ3n) is 3.59. The Morgan fingerprint density at radius 2 is 1.83 bits per heavy atom. The highest BCUT2D eigenvalue weighted by Crippen LogP contribution is 2.20. The monoisotopic (exact) mass is 315 g/mol. The van der Waals surface area contributed by atoms with E-state index in [1.807, 2.05) is 19.9 Å². The van der Waals surface area contributed by atoms with E-state index in [0.29, 0.717) is 17.8 Å². The van der Waals surface area contributed by atoms with E-state index < -0.39 is 0 Å². The van der Waals surface area contributed by atoms with Crippen LogP contribution >= 0.6 is 0 Å². The summed E-state index contributed by atoms with van der Waals surface area (Å²) in [4.78, 5) is 24.3. The van der Waals surface area contributed by atoms with Crippen molar-refractivity contribution in [1.29, 1.82) is 0 Å². The normalized spacial score (nSPS) is 15.8. The first-order valence-electron chi connectivity index (χ1n) is 7.43. The molecule has 0 aromatic heterocycles. The van der Waals surface area contributed by atoms with Crippen molar-refractivity contribution < 1.29 is 14.7 Å². The molecular weight excluding hydrogens is 294 g/mol. The van der Waals surface area contributed by atoms with E-state index in [1.54, 1.807) is 12.1 Å². The molecule has 0 saturated carbocycles. The molecule has 2 rings (SSSR count). The zero-order chi connectivity index (χ0) is 17.0. The average Bonchev–Trinajstić information content (AvgIpc) is 2.48. The molecule has 1 aromatic rings. The molecule has 0 heterocycles. The summed E-state index contributed by atoms with van der Waals surface area (Å²) in [6.07, 6.45) is 3.06. The minimum atomic E-state index is -0.280. The highest BCUT2D eigenvalue weighted by atomic mass is 16.3. The molecule has 1 aromatic carbocycles. The van der Waals surface area contributed by atoms with Gasteiger partial charge in [-0.2, -0.15) is 0 Å². The molecule has 0 saturated heterocycles. The van der Waals surface area contributed by atoms with Crippen LogP contribution < -0.4 is 16.4 Å². The van der Waals surface area contributed by atoms with Crippen LogP contribution in [-0.4, -0.2) is 29.3 Å². The van der Waals surface area contributed by atoms with E-state index in [-0.39, 0.29) is 35.6 Å². The van der Waals surface area contributed by atoms with Crippen molar-refractivity contribution >= 4 is 22.9 Å². The maximum absolute atomic E-state index is 12.2. The summed E-state index contributed by atoms with van der Waals surface area (Å²) >= 11 is 0. The number of carbonyl (C=O) groups is 2. The number of benzene rings is 1. The summed E-state index contributed by atoms with van der Waals surface area (Å²) < 4.78 is 0. The lowest BCUT2D eigenvalue weighted by molar-refractivity contribution is -0.115. The van der Waals surface area contributed by atoms with Crippen molar-refractivity contribution in [2.75, 3.05) is 17.7 Å². The van der Waals surface area contributed by atoms with E-state index in [0.717, 1.165) is 5.56 Å². The molecule has 1 atom stereocenters. The van der Waals surface area contributed by atoms with Crippen molar-refractivity contribution in [3.8, 4) is 0 Å². The Hall–Kier alpha value is -2.60. The van der Waals surface area contributed by atoms with Gasteiger partial charge in [-0.05, 0) is 44.0 Å². The summed E-state index contributed by atoms with van der Waals surface area (Å²) in [5.74, 6) is -0.554.